The number of likely N-dealkylation sites (tertiary alicyclic amines) is 1. The van der Waals surface area contributed by atoms with Crippen LogP contribution in [0.15, 0.2) is 24.5 Å². The van der Waals surface area contributed by atoms with Gasteiger partial charge >= 0.3 is 6.09 Å². The number of hydrogen-bond donors (Lipinski definition) is 1. The first-order valence-corrected chi connectivity index (χ1v) is 11.5. The summed E-state index contributed by atoms with van der Waals surface area (Å²) < 4.78 is 11.9. The number of nitrogens with zero attached hydrogens (tertiary/aromatic N) is 3. The van der Waals surface area contributed by atoms with E-state index in [2.05, 4.69) is 15.3 Å². The molecule has 8 heteroatoms. The molecule has 1 aromatic carbocycles. The summed E-state index contributed by atoms with van der Waals surface area (Å²) in [6.45, 7) is 10.5. The molecule has 176 valence electrons. The SMILES string of the molecule is Cc1ncnc(C)c1-c1cc(NC(=O)C2CC2)ccc1O[C@@H]1CCN(C(=O)OC(C)(C)C)C1. The highest BCUT2D eigenvalue weighted by Gasteiger charge is 2.32. The second-order valence-corrected chi connectivity index (χ2v) is 9.85. The average Bonchev–Trinajstić information content (AvgIpc) is 3.47. The molecule has 1 saturated heterocycles. The summed E-state index contributed by atoms with van der Waals surface area (Å²) in [6.07, 6.45) is 3.66. The third-order valence-corrected chi connectivity index (χ3v) is 5.78. The van der Waals surface area contributed by atoms with Gasteiger partial charge in [0.1, 0.15) is 23.8 Å². The van der Waals surface area contributed by atoms with Gasteiger partial charge in [-0.25, -0.2) is 14.8 Å². The minimum Gasteiger partial charge on any atom is -0.488 e. The summed E-state index contributed by atoms with van der Waals surface area (Å²) in [5.74, 6) is 0.845. The van der Waals surface area contributed by atoms with Crippen LogP contribution >= 0.6 is 0 Å². The van der Waals surface area contributed by atoms with E-state index in [0.29, 0.717) is 25.3 Å². The molecule has 33 heavy (non-hydrogen) atoms. The number of carbonyl (C=O) groups is 2. The van der Waals surface area contributed by atoms with Crippen LogP contribution in [0.4, 0.5) is 10.5 Å². The predicted molar refractivity (Wildman–Crippen MR) is 125 cm³/mol. The van der Waals surface area contributed by atoms with Crippen molar-refractivity contribution in [2.24, 2.45) is 5.92 Å². The molecule has 2 fully saturated rings. The van der Waals surface area contributed by atoms with E-state index in [1.165, 1.54) is 0 Å². The second-order valence-electron chi connectivity index (χ2n) is 9.85. The Morgan fingerprint density at radius 3 is 2.42 bits per heavy atom. The molecular weight excluding hydrogens is 420 g/mol. The summed E-state index contributed by atoms with van der Waals surface area (Å²) in [5, 5.41) is 3.01. The number of carbonyl (C=O) groups excluding carboxylic acids is 2. The number of hydrogen-bond acceptors (Lipinski definition) is 6. The van der Waals surface area contributed by atoms with Gasteiger partial charge in [0.05, 0.1) is 6.54 Å². The fraction of sp³-hybridized carbons (Fsp3) is 0.520. The molecule has 2 aliphatic rings. The lowest BCUT2D eigenvalue weighted by Gasteiger charge is -2.24. The zero-order chi connectivity index (χ0) is 23.8. The van der Waals surface area contributed by atoms with Crippen LogP contribution in [0, 0.1) is 19.8 Å². The minimum atomic E-state index is -0.535. The number of aromatic nitrogens is 2. The Morgan fingerprint density at radius 2 is 1.79 bits per heavy atom. The number of rotatable bonds is 5. The molecule has 0 bridgehead atoms. The molecule has 0 unspecified atom stereocenters. The highest BCUT2D eigenvalue weighted by molar-refractivity contribution is 5.95. The maximum atomic E-state index is 12.4. The third kappa shape index (κ3) is 5.61. The summed E-state index contributed by atoms with van der Waals surface area (Å²) in [5.41, 5.74) is 3.57. The first-order valence-electron chi connectivity index (χ1n) is 11.5. The molecule has 1 atom stereocenters. The highest BCUT2D eigenvalue weighted by Crippen LogP contribution is 2.38. The van der Waals surface area contributed by atoms with E-state index >= 15 is 0 Å². The molecule has 4 rings (SSSR count). The number of aryl methyl sites for hydroxylation is 2. The monoisotopic (exact) mass is 452 g/mol. The van der Waals surface area contributed by atoms with Crippen LogP contribution in [0.2, 0.25) is 0 Å². The first-order chi connectivity index (χ1) is 15.6. The quantitative estimate of drug-likeness (QED) is 0.718. The summed E-state index contributed by atoms with van der Waals surface area (Å²) in [4.78, 5) is 35.1. The predicted octanol–water partition coefficient (Wildman–Crippen LogP) is 4.50. The largest absolute Gasteiger partial charge is 0.488 e. The lowest BCUT2D eigenvalue weighted by molar-refractivity contribution is -0.117. The van der Waals surface area contributed by atoms with E-state index in [9.17, 15) is 9.59 Å². The lowest BCUT2D eigenvalue weighted by atomic mass is 10.0. The first kappa shape index (κ1) is 23.0. The highest BCUT2D eigenvalue weighted by atomic mass is 16.6. The Hall–Kier alpha value is -3.16. The number of amides is 2. The van der Waals surface area contributed by atoms with Crippen molar-refractivity contribution in [3.8, 4) is 16.9 Å². The number of benzene rings is 1. The minimum absolute atomic E-state index is 0.0520. The standard InChI is InChI=1S/C25H32N4O4/c1-15-22(16(2)27-14-26-15)20-12-18(28-23(30)17-6-7-17)8-9-21(20)32-19-10-11-29(13-19)24(31)33-25(3,4)5/h8-9,12,14,17,19H,6-7,10-11,13H2,1-5H3,(H,28,30)/t19-/m1/s1. The van der Waals surface area contributed by atoms with Gasteiger partial charge in [0.15, 0.2) is 0 Å². The van der Waals surface area contributed by atoms with Crippen LogP contribution in [0.25, 0.3) is 11.1 Å². The Morgan fingerprint density at radius 1 is 1.09 bits per heavy atom. The topological polar surface area (TPSA) is 93.6 Å². The van der Waals surface area contributed by atoms with Crippen molar-refractivity contribution >= 4 is 17.7 Å². The van der Waals surface area contributed by atoms with Crippen molar-refractivity contribution in [2.75, 3.05) is 18.4 Å². The van der Waals surface area contributed by atoms with Gasteiger partial charge in [0.2, 0.25) is 5.91 Å². The molecule has 1 aliphatic carbocycles. The summed E-state index contributed by atoms with van der Waals surface area (Å²) in [6, 6.07) is 5.66. The van der Waals surface area contributed by atoms with Gasteiger partial charge in [0, 0.05) is 47.1 Å². The van der Waals surface area contributed by atoms with Crippen LogP contribution < -0.4 is 10.1 Å². The van der Waals surface area contributed by atoms with E-state index < -0.39 is 5.60 Å². The van der Waals surface area contributed by atoms with Crippen molar-refractivity contribution in [2.45, 2.75) is 65.6 Å². The van der Waals surface area contributed by atoms with Gasteiger partial charge in [-0.1, -0.05) is 0 Å². The Bertz CT molecular complexity index is 1040. The van der Waals surface area contributed by atoms with Gasteiger partial charge in [-0.15, -0.1) is 0 Å². The van der Waals surface area contributed by atoms with Gasteiger partial charge < -0.3 is 19.7 Å². The summed E-state index contributed by atoms with van der Waals surface area (Å²) >= 11 is 0. The Balaban J connectivity index is 1.57. The van der Waals surface area contributed by atoms with E-state index in [-0.39, 0.29) is 24.0 Å². The van der Waals surface area contributed by atoms with Crippen molar-refractivity contribution in [3.05, 3.63) is 35.9 Å². The van der Waals surface area contributed by atoms with Crippen LogP contribution in [0.3, 0.4) is 0 Å². The van der Waals surface area contributed by atoms with Crippen molar-refractivity contribution in [3.63, 3.8) is 0 Å². The molecule has 0 radical (unpaired) electrons. The van der Waals surface area contributed by atoms with Crippen LogP contribution in [0.1, 0.15) is 51.4 Å². The fourth-order valence-electron chi connectivity index (χ4n) is 3.97. The normalized spacial score (nSPS) is 18.2. The molecule has 1 aromatic heterocycles. The maximum absolute atomic E-state index is 12.4. The molecule has 1 saturated carbocycles. The lowest BCUT2D eigenvalue weighted by Crippen LogP contribution is -2.36. The van der Waals surface area contributed by atoms with E-state index in [4.69, 9.17) is 9.47 Å². The van der Waals surface area contributed by atoms with E-state index in [1.807, 2.05) is 52.8 Å². The van der Waals surface area contributed by atoms with Gasteiger partial charge in [-0.2, -0.15) is 0 Å². The zero-order valence-electron chi connectivity index (χ0n) is 20.0. The van der Waals surface area contributed by atoms with Crippen LogP contribution in [-0.4, -0.2) is 51.7 Å². The molecule has 8 nitrogen and oxygen atoms in total. The van der Waals surface area contributed by atoms with Crippen molar-refractivity contribution < 1.29 is 19.1 Å². The molecule has 1 aliphatic heterocycles. The van der Waals surface area contributed by atoms with Crippen molar-refractivity contribution in [1.29, 1.82) is 0 Å². The van der Waals surface area contributed by atoms with E-state index in [0.717, 1.165) is 41.0 Å². The number of nitrogens with one attached hydrogen (secondary N) is 1. The molecule has 2 aromatic rings. The average molecular weight is 453 g/mol. The number of anilines is 1. The fourth-order valence-corrected chi connectivity index (χ4v) is 3.97. The summed E-state index contributed by atoms with van der Waals surface area (Å²) in [7, 11) is 0. The zero-order valence-corrected chi connectivity index (χ0v) is 20.0. The maximum Gasteiger partial charge on any atom is 0.410 e. The van der Waals surface area contributed by atoms with Crippen LogP contribution in [0.5, 0.6) is 5.75 Å². The second kappa shape index (κ2) is 9.00. The Labute approximate surface area is 194 Å². The molecule has 1 N–H and O–H groups in total. The third-order valence-electron chi connectivity index (χ3n) is 5.78. The van der Waals surface area contributed by atoms with Gasteiger partial charge in [-0.3, -0.25) is 4.79 Å². The Kier molecular flexibility index (Phi) is 6.28. The van der Waals surface area contributed by atoms with Crippen LogP contribution in [-0.2, 0) is 9.53 Å². The molecule has 2 amide bonds. The van der Waals surface area contributed by atoms with Gasteiger partial charge in [-0.05, 0) is 65.7 Å². The molecular formula is C25H32N4O4. The molecule has 0 spiro atoms. The number of ether oxygens (including phenoxy) is 2. The molecule has 2 heterocycles. The smallest absolute Gasteiger partial charge is 0.410 e. The van der Waals surface area contributed by atoms with E-state index in [1.54, 1.807) is 11.2 Å². The van der Waals surface area contributed by atoms with Gasteiger partial charge in [0.25, 0.3) is 0 Å². The van der Waals surface area contributed by atoms with Crippen molar-refractivity contribution in [1.82, 2.24) is 14.9 Å².